The molecule has 0 N–H and O–H groups in total. The molecule has 1 fully saturated rings. The van der Waals surface area contributed by atoms with E-state index >= 15 is 0 Å². The summed E-state index contributed by atoms with van der Waals surface area (Å²) in [5.41, 5.74) is 1.71. The molecule has 146 valence electrons. The van der Waals surface area contributed by atoms with Crippen LogP contribution in [-0.2, 0) is 6.42 Å². The van der Waals surface area contributed by atoms with Crippen molar-refractivity contribution in [3.8, 4) is 0 Å². The summed E-state index contributed by atoms with van der Waals surface area (Å²) in [7, 11) is 0. The third kappa shape index (κ3) is 3.29. The van der Waals surface area contributed by atoms with Crippen LogP contribution in [0.5, 0.6) is 0 Å². The second-order valence-electron chi connectivity index (χ2n) is 7.50. The number of likely N-dealkylation sites (tertiary alicyclic amines) is 1. The Bertz CT molecular complexity index is 1260. The van der Waals surface area contributed by atoms with Gasteiger partial charge in [0.25, 0.3) is 5.91 Å². The van der Waals surface area contributed by atoms with Crippen LogP contribution in [-0.4, -0.2) is 38.5 Å². The first kappa shape index (κ1) is 17.6. The summed E-state index contributed by atoms with van der Waals surface area (Å²) in [6.07, 6.45) is 6.12. The second kappa shape index (κ2) is 7.16. The molecule has 0 aliphatic carbocycles. The molecule has 1 aliphatic heterocycles. The van der Waals surface area contributed by atoms with E-state index in [4.69, 9.17) is 4.42 Å². The van der Waals surface area contributed by atoms with E-state index in [-0.39, 0.29) is 11.3 Å². The zero-order chi connectivity index (χ0) is 19.8. The molecule has 0 spiro atoms. The summed E-state index contributed by atoms with van der Waals surface area (Å²) < 4.78 is 7.42. The molecule has 7 heteroatoms. The molecule has 1 aromatic carbocycles. The van der Waals surface area contributed by atoms with Gasteiger partial charge in [-0.05, 0) is 49.1 Å². The third-order valence-electron chi connectivity index (χ3n) is 5.57. The number of rotatable bonds is 3. The van der Waals surface area contributed by atoms with E-state index < -0.39 is 0 Å². The highest BCUT2D eigenvalue weighted by Gasteiger charge is 2.26. The lowest BCUT2D eigenvalue weighted by molar-refractivity contribution is 0.0672. The monoisotopic (exact) mass is 388 g/mol. The highest BCUT2D eigenvalue weighted by atomic mass is 16.3. The van der Waals surface area contributed by atoms with Gasteiger partial charge in [-0.15, -0.1) is 10.2 Å². The van der Waals surface area contributed by atoms with E-state index in [9.17, 15) is 9.59 Å². The van der Waals surface area contributed by atoms with E-state index in [0.717, 1.165) is 37.3 Å². The van der Waals surface area contributed by atoms with Crippen molar-refractivity contribution in [3.63, 3.8) is 0 Å². The molecule has 5 rings (SSSR count). The number of amides is 1. The summed E-state index contributed by atoms with van der Waals surface area (Å²) in [6, 6.07) is 12.3. The van der Waals surface area contributed by atoms with Gasteiger partial charge in [0.2, 0.25) is 0 Å². The Morgan fingerprint density at radius 2 is 2.10 bits per heavy atom. The summed E-state index contributed by atoms with van der Waals surface area (Å²) in [5.74, 6) is 1.22. The number of hydrogen-bond acceptors (Lipinski definition) is 5. The molecular formula is C22H20N4O3. The zero-order valence-corrected chi connectivity index (χ0v) is 15.8. The van der Waals surface area contributed by atoms with Gasteiger partial charge >= 0.3 is 0 Å². The molecule has 29 heavy (non-hydrogen) atoms. The maximum Gasteiger partial charge on any atom is 0.253 e. The molecule has 4 heterocycles. The molecule has 1 amide bonds. The number of carbonyl (C=O) groups is 1. The average molecular weight is 388 g/mol. The van der Waals surface area contributed by atoms with Crippen LogP contribution in [0.25, 0.3) is 16.6 Å². The van der Waals surface area contributed by atoms with Crippen molar-refractivity contribution in [3.05, 3.63) is 76.5 Å². The fourth-order valence-electron chi connectivity index (χ4n) is 4.10. The zero-order valence-electron chi connectivity index (χ0n) is 15.8. The van der Waals surface area contributed by atoms with E-state index in [0.29, 0.717) is 29.0 Å². The Morgan fingerprint density at radius 3 is 3.03 bits per heavy atom. The van der Waals surface area contributed by atoms with Gasteiger partial charge in [-0.3, -0.25) is 14.0 Å². The number of piperidine rings is 1. The van der Waals surface area contributed by atoms with Crippen molar-refractivity contribution < 1.29 is 9.21 Å². The van der Waals surface area contributed by atoms with Gasteiger partial charge in [0.15, 0.2) is 11.1 Å². The van der Waals surface area contributed by atoms with Gasteiger partial charge < -0.3 is 9.32 Å². The second-order valence-corrected chi connectivity index (χ2v) is 7.50. The fourth-order valence-corrected chi connectivity index (χ4v) is 4.10. The lowest BCUT2D eigenvalue weighted by Gasteiger charge is -2.32. The van der Waals surface area contributed by atoms with Gasteiger partial charge in [0.05, 0.1) is 11.6 Å². The van der Waals surface area contributed by atoms with Crippen molar-refractivity contribution in [2.75, 3.05) is 13.1 Å². The number of aromatic nitrogens is 3. The minimum atomic E-state index is -0.108. The van der Waals surface area contributed by atoms with Crippen molar-refractivity contribution >= 4 is 22.5 Å². The maximum atomic E-state index is 13.1. The smallest absolute Gasteiger partial charge is 0.253 e. The van der Waals surface area contributed by atoms with Gasteiger partial charge in [0, 0.05) is 37.3 Å². The van der Waals surface area contributed by atoms with Crippen LogP contribution < -0.4 is 5.43 Å². The first-order valence-corrected chi connectivity index (χ1v) is 9.78. The number of carbonyl (C=O) groups excluding carboxylic acids is 1. The van der Waals surface area contributed by atoms with Crippen LogP contribution in [0.4, 0.5) is 0 Å². The molecule has 1 saturated heterocycles. The topological polar surface area (TPSA) is 80.7 Å². The summed E-state index contributed by atoms with van der Waals surface area (Å²) >= 11 is 0. The minimum Gasteiger partial charge on any atom is -0.464 e. The number of pyridine rings is 1. The molecule has 0 saturated carbocycles. The molecule has 0 radical (unpaired) electrons. The van der Waals surface area contributed by atoms with Crippen molar-refractivity contribution in [1.29, 1.82) is 0 Å². The first-order chi connectivity index (χ1) is 14.2. The maximum absolute atomic E-state index is 13.1. The first-order valence-electron chi connectivity index (χ1n) is 9.78. The average Bonchev–Trinajstić information content (AvgIpc) is 3.16. The molecule has 1 aliphatic rings. The molecule has 0 bridgehead atoms. The van der Waals surface area contributed by atoms with E-state index in [1.54, 1.807) is 18.2 Å². The largest absolute Gasteiger partial charge is 0.464 e. The van der Waals surface area contributed by atoms with Crippen molar-refractivity contribution in [2.45, 2.75) is 19.3 Å². The van der Waals surface area contributed by atoms with Gasteiger partial charge in [0.1, 0.15) is 11.4 Å². The van der Waals surface area contributed by atoms with E-state index in [1.807, 2.05) is 33.7 Å². The van der Waals surface area contributed by atoms with Crippen LogP contribution in [0, 0.1) is 5.92 Å². The Balaban J connectivity index is 1.35. The van der Waals surface area contributed by atoms with Crippen LogP contribution in [0.1, 0.15) is 29.0 Å². The Morgan fingerprint density at radius 1 is 1.17 bits per heavy atom. The molecular weight excluding hydrogens is 368 g/mol. The molecule has 1 atom stereocenters. The molecule has 4 aromatic rings. The highest BCUT2D eigenvalue weighted by Crippen LogP contribution is 2.23. The Labute approximate surface area is 166 Å². The van der Waals surface area contributed by atoms with Crippen molar-refractivity contribution in [2.24, 2.45) is 5.92 Å². The lowest BCUT2D eigenvalue weighted by Crippen LogP contribution is -2.40. The predicted molar refractivity (Wildman–Crippen MR) is 108 cm³/mol. The summed E-state index contributed by atoms with van der Waals surface area (Å²) in [4.78, 5) is 26.8. The number of benzene rings is 1. The van der Waals surface area contributed by atoms with Gasteiger partial charge in [-0.25, -0.2) is 0 Å². The molecule has 7 nitrogen and oxygen atoms in total. The van der Waals surface area contributed by atoms with Crippen LogP contribution in [0.15, 0.2) is 64.1 Å². The Kier molecular flexibility index (Phi) is 4.35. The van der Waals surface area contributed by atoms with Gasteiger partial charge in [-0.1, -0.05) is 6.07 Å². The van der Waals surface area contributed by atoms with Crippen LogP contribution >= 0.6 is 0 Å². The molecule has 1 unspecified atom stereocenters. The van der Waals surface area contributed by atoms with Crippen LogP contribution in [0.2, 0.25) is 0 Å². The summed E-state index contributed by atoms with van der Waals surface area (Å²) in [6.45, 7) is 1.41. The third-order valence-corrected chi connectivity index (χ3v) is 5.57. The SMILES string of the molecule is O=C(c1ccc2c(=O)ccoc2c1)N1CCCC(Cc2nnc3ccccn23)C1. The number of hydrogen-bond donors (Lipinski definition) is 0. The van der Waals surface area contributed by atoms with Gasteiger partial charge in [-0.2, -0.15) is 0 Å². The summed E-state index contributed by atoms with van der Waals surface area (Å²) in [5, 5.41) is 9.03. The number of fused-ring (bicyclic) bond motifs is 2. The number of nitrogens with zero attached hydrogens (tertiary/aromatic N) is 4. The van der Waals surface area contributed by atoms with Crippen molar-refractivity contribution in [1.82, 2.24) is 19.5 Å². The highest BCUT2D eigenvalue weighted by molar-refractivity contribution is 5.97. The molecule has 3 aromatic heterocycles. The fraction of sp³-hybridized carbons (Fsp3) is 0.273. The predicted octanol–water partition coefficient (Wildman–Crippen LogP) is 2.93. The van der Waals surface area contributed by atoms with E-state index in [2.05, 4.69) is 10.2 Å². The quantitative estimate of drug-likeness (QED) is 0.539. The lowest BCUT2D eigenvalue weighted by atomic mass is 9.94. The standard InChI is InChI=1S/C22H20N4O3/c27-18-8-11-29-19-13-16(6-7-17(18)19)22(28)25-9-3-4-15(14-25)12-21-24-23-20-5-1-2-10-26(20)21/h1-2,5-8,10-11,13,15H,3-4,9,12,14H2. The Hall–Kier alpha value is -3.48. The van der Waals surface area contributed by atoms with E-state index in [1.165, 1.54) is 12.3 Å². The minimum absolute atomic E-state index is 0.0331. The van der Waals surface area contributed by atoms with Crippen LogP contribution in [0.3, 0.4) is 0 Å². The normalized spacial score (nSPS) is 17.1.